The first kappa shape index (κ1) is 13.6. The van der Waals surface area contributed by atoms with Crippen LogP contribution in [0.4, 0.5) is 0 Å². The van der Waals surface area contributed by atoms with Crippen LogP contribution in [-0.2, 0) is 6.42 Å². The number of aliphatic hydroxyl groups excluding tert-OH is 1. The number of rotatable bonds is 6. The second-order valence-corrected chi connectivity index (χ2v) is 6.12. The van der Waals surface area contributed by atoms with E-state index >= 15 is 0 Å². The van der Waals surface area contributed by atoms with Gasteiger partial charge in [-0.15, -0.1) is 0 Å². The van der Waals surface area contributed by atoms with Crippen molar-refractivity contribution in [2.24, 2.45) is 17.1 Å². The fourth-order valence-corrected chi connectivity index (χ4v) is 2.74. The molecule has 1 aliphatic carbocycles. The Morgan fingerprint density at radius 2 is 2.06 bits per heavy atom. The van der Waals surface area contributed by atoms with Gasteiger partial charge in [0.05, 0.1) is 6.61 Å². The summed E-state index contributed by atoms with van der Waals surface area (Å²) in [5, 5.41) is 9.79. The van der Waals surface area contributed by atoms with Crippen LogP contribution in [0, 0.1) is 25.2 Å². The van der Waals surface area contributed by atoms with Crippen LogP contribution >= 0.6 is 0 Å². The van der Waals surface area contributed by atoms with Gasteiger partial charge >= 0.3 is 0 Å². The van der Waals surface area contributed by atoms with E-state index in [1.807, 2.05) is 0 Å². The van der Waals surface area contributed by atoms with Gasteiger partial charge in [0, 0.05) is 12.0 Å². The Labute approximate surface area is 110 Å². The van der Waals surface area contributed by atoms with Crippen LogP contribution in [0.3, 0.4) is 0 Å². The van der Waals surface area contributed by atoms with Crippen molar-refractivity contribution in [2.75, 3.05) is 13.2 Å². The van der Waals surface area contributed by atoms with Crippen LogP contribution in [-0.4, -0.2) is 18.3 Å². The molecule has 0 bridgehead atoms. The minimum atomic E-state index is -0.111. The van der Waals surface area contributed by atoms with Crippen molar-refractivity contribution in [3.8, 4) is 0 Å². The molecule has 0 amide bonds. The Morgan fingerprint density at radius 3 is 2.61 bits per heavy atom. The van der Waals surface area contributed by atoms with Gasteiger partial charge in [-0.3, -0.25) is 0 Å². The molecule has 0 heterocycles. The van der Waals surface area contributed by atoms with Crippen LogP contribution in [0.2, 0.25) is 0 Å². The van der Waals surface area contributed by atoms with Gasteiger partial charge in [0.15, 0.2) is 0 Å². The standard InChI is InChI=1S/C16H25NO/c1-12-3-4-13(2)15(7-12)9-16(10-17,11-18)8-14-5-6-14/h3-4,7,14,18H,5-6,8-11,17H2,1-2H3. The first-order chi connectivity index (χ1) is 8.58. The summed E-state index contributed by atoms with van der Waals surface area (Å²) in [6, 6.07) is 6.55. The molecule has 18 heavy (non-hydrogen) atoms. The van der Waals surface area contributed by atoms with Crippen molar-refractivity contribution in [1.29, 1.82) is 0 Å². The Morgan fingerprint density at radius 1 is 1.33 bits per heavy atom. The van der Waals surface area contributed by atoms with Crippen LogP contribution in [0.1, 0.15) is 36.0 Å². The summed E-state index contributed by atoms with van der Waals surface area (Å²) in [4.78, 5) is 0. The van der Waals surface area contributed by atoms with Gasteiger partial charge in [-0.05, 0) is 43.7 Å². The summed E-state index contributed by atoms with van der Waals surface area (Å²) in [5.74, 6) is 0.797. The van der Waals surface area contributed by atoms with Gasteiger partial charge in [0.25, 0.3) is 0 Å². The van der Waals surface area contributed by atoms with Crippen LogP contribution < -0.4 is 5.73 Å². The quantitative estimate of drug-likeness (QED) is 0.811. The molecule has 100 valence electrons. The van der Waals surface area contributed by atoms with Gasteiger partial charge in [0.1, 0.15) is 0 Å². The molecular weight excluding hydrogens is 222 g/mol. The average Bonchev–Trinajstić information content (AvgIpc) is 3.16. The fraction of sp³-hybridized carbons (Fsp3) is 0.625. The van der Waals surface area contributed by atoms with Gasteiger partial charge in [-0.25, -0.2) is 0 Å². The van der Waals surface area contributed by atoms with Crippen molar-refractivity contribution in [3.63, 3.8) is 0 Å². The molecular formula is C16H25NO. The lowest BCUT2D eigenvalue weighted by Crippen LogP contribution is -2.37. The van der Waals surface area contributed by atoms with E-state index in [9.17, 15) is 5.11 Å². The number of aliphatic hydroxyl groups is 1. The highest BCUT2D eigenvalue weighted by molar-refractivity contribution is 5.31. The summed E-state index contributed by atoms with van der Waals surface area (Å²) in [7, 11) is 0. The SMILES string of the molecule is Cc1ccc(C)c(CC(CN)(CO)CC2CC2)c1. The summed E-state index contributed by atoms with van der Waals surface area (Å²) >= 11 is 0. The van der Waals surface area contributed by atoms with Gasteiger partial charge in [0.2, 0.25) is 0 Å². The molecule has 2 heteroatoms. The number of nitrogens with two attached hydrogens (primary N) is 1. The second kappa shape index (κ2) is 5.41. The Balaban J connectivity index is 2.18. The monoisotopic (exact) mass is 247 g/mol. The van der Waals surface area contributed by atoms with E-state index in [4.69, 9.17) is 5.73 Å². The van der Waals surface area contributed by atoms with Crippen LogP contribution in [0.15, 0.2) is 18.2 Å². The van der Waals surface area contributed by atoms with Crippen molar-refractivity contribution in [1.82, 2.24) is 0 Å². The lowest BCUT2D eigenvalue weighted by Gasteiger charge is -2.31. The molecule has 0 saturated heterocycles. The lowest BCUT2D eigenvalue weighted by atomic mass is 9.77. The number of benzene rings is 1. The van der Waals surface area contributed by atoms with Crippen molar-refractivity contribution >= 4 is 0 Å². The number of hydrogen-bond donors (Lipinski definition) is 2. The maximum absolute atomic E-state index is 9.79. The molecule has 0 radical (unpaired) electrons. The Hall–Kier alpha value is -0.860. The number of hydrogen-bond acceptors (Lipinski definition) is 2. The molecule has 0 aliphatic heterocycles. The van der Waals surface area contributed by atoms with Crippen molar-refractivity contribution < 1.29 is 5.11 Å². The molecule has 3 N–H and O–H groups in total. The van der Waals surface area contributed by atoms with Crippen LogP contribution in [0.25, 0.3) is 0 Å². The van der Waals surface area contributed by atoms with Gasteiger partial charge in [-0.2, -0.15) is 0 Å². The average molecular weight is 247 g/mol. The highest BCUT2D eigenvalue weighted by atomic mass is 16.3. The maximum atomic E-state index is 9.79. The zero-order valence-electron chi connectivity index (χ0n) is 11.6. The smallest absolute Gasteiger partial charge is 0.0502 e. The predicted molar refractivity (Wildman–Crippen MR) is 75.5 cm³/mol. The van der Waals surface area contributed by atoms with E-state index in [1.54, 1.807) is 0 Å². The normalized spacial score (nSPS) is 18.7. The molecule has 0 spiro atoms. The van der Waals surface area contributed by atoms with E-state index in [-0.39, 0.29) is 12.0 Å². The van der Waals surface area contributed by atoms with Crippen molar-refractivity contribution in [3.05, 3.63) is 34.9 Å². The molecule has 1 aromatic carbocycles. The third-order valence-electron chi connectivity index (χ3n) is 4.26. The molecule has 1 unspecified atom stereocenters. The molecule has 0 aromatic heterocycles. The zero-order chi connectivity index (χ0) is 13.2. The summed E-state index contributed by atoms with van der Waals surface area (Å²) < 4.78 is 0. The van der Waals surface area contributed by atoms with E-state index in [0.29, 0.717) is 6.54 Å². The first-order valence-electron chi connectivity index (χ1n) is 6.96. The molecule has 2 rings (SSSR count). The zero-order valence-corrected chi connectivity index (χ0v) is 11.6. The van der Waals surface area contributed by atoms with Gasteiger partial charge in [-0.1, -0.05) is 36.6 Å². The third kappa shape index (κ3) is 3.12. The topological polar surface area (TPSA) is 46.2 Å². The minimum Gasteiger partial charge on any atom is -0.396 e. The highest BCUT2D eigenvalue weighted by Gasteiger charge is 2.36. The largest absolute Gasteiger partial charge is 0.396 e. The highest BCUT2D eigenvalue weighted by Crippen LogP contribution is 2.41. The summed E-state index contributed by atoms with van der Waals surface area (Å²) in [5.41, 5.74) is 9.79. The molecule has 1 saturated carbocycles. The van der Waals surface area contributed by atoms with E-state index < -0.39 is 0 Å². The molecule has 1 fully saturated rings. The van der Waals surface area contributed by atoms with Crippen LogP contribution in [0.5, 0.6) is 0 Å². The number of aryl methyl sites for hydroxylation is 2. The van der Waals surface area contributed by atoms with Gasteiger partial charge < -0.3 is 10.8 Å². The fourth-order valence-electron chi connectivity index (χ4n) is 2.74. The van der Waals surface area contributed by atoms with E-state index in [1.165, 1.54) is 29.5 Å². The predicted octanol–water partition coefficient (Wildman–Crippen LogP) is 2.58. The summed E-state index contributed by atoms with van der Waals surface area (Å²) in [6.45, 7) is 5.04. The molecule has 1 atom stereocenters. The lowest BCUT2D eigenvalue weighted by molar-refractivity contribution is 0.115. The molecule has 1 aliphatic rings. The third-order valence-corrected chi connectivity index (χ3v) is 4.26. The van der Waals surface area contributed by atoms with E-state index in [2.05, 4.69) is 32.0 Å². The second-order valence-electron chi connectivity index (χ2n) is 6.12. The molecule has 1 aromatic rings. The first-order valence-corrected chi connectivity index (χ1v) is 6.96. The van der Waals surface area contributed by atoms with E-state index in [0.717, 1.165) is 18.8 Å². The Kier molecular flexibility index (Phi) is 4.08. The Bertz CT molecular complexity index is 406. The minimum absolute atomic E-state index is 0.111. The molecule has 2 nitrogen and oxygen atoms in total. The maximum Gasteiger partial charge on any atom is 0.0502 e. The van der Waals surface area contributed by atoms with Crippen molar-refractivity contribution in [2.45, 2.75) is 39.5 Å². The summed E-state index contributed by atoms with van der Waals surface area (Å²) in [6.07, 6.45) is 4.61.